The van der Waals surface area contributed by atoms with Crippen LogP contribution in [-0.4, -0.2) is 9.38 Å². The molecule has 0 unspecified atom stereocenters. The number of aromatic nitrogens is 2. The molecule has 0 aromatic carbocycles. The van der Waals surface area contributed by atoms with E-state index in [0.29, 0.717) is 0 Å². The Balaban J connectivity index is 2.82. The Hall–Kier alpha value is -0.830. The maximum atomic E-state index is 4.60. The molecule has 74 valence electrons. The number of nitrogens with zero attached hydrogens (tertiary/aromatic N) is 2. The number of fused-ring (bicyclic) bond motifs is 1. The largest absolute Gasteiger partial charge is 0.301 e. The van der Waals surface area contributed by atoms with Crippen LogP contribution >= 0.6 is 15.9 Å². The molecule has 0 spiro atoms. The van der Waals surface area contributed by atoms with Crippen molar-refractivity contribution in [3.05, 3.63) is 35.4 Å². The first-order chi connectivity index (χ1) is 6.77. The van der Waals surface area contributed by atoms with E-state index in [2.05, 4.69) is 57.4 Å². The third-order valence-electron chi connectivity index (χ3n) is 2.45. The molecule has 0 atom stereocenters. The Morgan fingerprint density at radius 1 is 1.43 bits per heavy atom. The quantitative estimate of drug-likeness (QED) is 0.752. The number of alkyl halides is 1. The minimum absolute atomic E-state index is 0.819. The van der Waals surface area contributed by atoms with E-state index in [1.807, 2.05) is 0 Å². The highest BCUT2D eigenvalue weighted by molar-refractivity contribution is 9.08. The van der Waals surface area contributed by atoms with Crippen molar-refractivity contribution in [1.29, 1.82) is 0 Å². The molecule has 0 aliphatic carbocycles. The van der Waals surface area contributed by atoms with Crippen molar-refractivity contribution < 1.29 is 0 Å². The van der Waals surface area contributed by atoms with Gasteiger partial charge in [0.25, 0.3) is 0 Å². The summed E-state index contributed by atoms with van der Waals surface area (Å²) >= 11 is 3.47. The summed E-state index contributed by atoms with van der Waals surface area (Å²) in [5.74, 6) is 1.15. The maximum absolute atomic E-state index is 4.60. The van der Waals surface area contributed by atoms with Crippen LogP contribution in [0, 0.1) is 6.92 Å². The zero-order chi connectivity index (χ0) is 10.1. The molecule has 2 aromatic rings. The van der Waals surface area contributed by atoms with Gasteiger partial charge in [-0.15, -0.1) is 0 Å². The number of hydrogen-bond acceptors (Lipinski definition) is 1. The third kappa shape index (κ3) is 1.36. The van der Waals surface area contributed by atoms with Gasteiger partial charge in [0.2, 0.25) is 0 Å². The smallest absolute Gasteiger partial charge is 0.113 e. The average Bonchev–Trinajstić information content (AvgIpc) is 2.57. The number of halogens is 1. The lowest BCUT2D eigenvalue weighted by Crippen LogP contribution is -1.95. The van der Waals surface area contributed by atoms with Crippen LogP contribution in [0.5, 0.6) is 0 Å². The highest BCUT2D eigenvalue weighted by atomic mass is 79.9. The summed E-state index contributed by atoms with van der Waals surface area (Å²) in [5, 5.41) is 0.819. The molecule has 0 radical (unpaired) electrons. The van der Waals surface area contributed by atoms with E-state index >= 15 is 0 Å². The second-order valence-electron chi connectivity index (χ2n) is 3.35. The second-order valence-corrected chi connectivity index (χ2v) is 3.91. The molecule has 2 rings (SSSR count). The molecule has 3 heteroatoms. The Bertz CT molecular complexity index is 460. The van der Waals surface area contributed by atoms with Crippen LogP contribution in [0.2, 0.25) is 0 Å². The summed E-state index contributed by atoms with van der Waals surface area (Å²) < 4.78 is 2.23. The standard InChI is InChI=1S/C11H13BrN2/c1-3-11-13-9(7-12)10-6-4-5-8(2)14(10)11/h4-6H,3,7H2,1-2H3. The van der Waals surface area contributed by atoms with E-state index in [-0.39, 0.29) is 0 Å². The van der Waals surface area contributed by atoms with Gasteiger partial charge in [0.1, 0.15) is 5.82 Å². The maximum Gasteiger partial charge on any atom is 0.113 e. The van der Waals surface area contributed by atoms with Crippen LogP contribution in [0.1, 0.15) is 24.1 Å². The normalized spacial score (nSPS) is 11.1. The van der Waals surface area contributed by atoms with E-state index in [9.17, 15) is 0 Å². The highest BCUT2D eigenvalue weighted by Crippen LogP contribution is 2.18. The topological polar surface area (TPSA) is 17.3 Å². The van der Waals surface area contributed by atoms with Crippen LogP contribution in [0.3, 0.4) is 0 Å². The molecule has 0 fully saturated rings. The van der Waals surface area contributed by atoms with Crippen molar-refractivity contribution in [2.24, 2.45) is 0 Å². The molecule has 0 saturated carbocycles. The molecular formula is C11H13BrN2. The Morgan fingerprint density at radius 3 is 2.86 bits per heavy atom. The van der Waals surface area contributed by atoms with E-state index in [1.165, 1.54) is 11.2 Å². The average molecular weight is 253 g/mol. The Kier molecular flexibility index (Phi) is 2.59. The van der Waals surface area contributed by atoms with Crippen molar-refractivity contribution in [2.45, 2.75) is 25.6 Å². The fourth-order valence-corrected chi connectivity index (χ4v) is 2.20. The third-order valence-corrected chi connectivity index (χ3v) is 2.98. The zero-order valence-corrected chi connectivity index (χ0v) is 10.0. The predicted molar refractivity (Wildman–Crippen MR) is 61.9 cm³/mol. The van der Waals surface area contributed by atoms with Gasteiger partial charge in [-0.2, -0.15) is 0 Å². The van der Waals surface area contributed by atoms with Gasteiger partial charge in [0.05, 0.1) is 11.2 Å². The van der Waals surface area contributed by atoms with Crippen molar-refractivity contribution in [2.75, 3.05) is 0 Å². The first kappa shape index (κ1) is 9.71. The van der Waals surface area contributed by atoms with E-state index < -0.39 is 0 Å². The molecule has 0 saturated heterocycles. The van der Waals surface area contributed by atoms with Crippen LogP contribution in [-0.2, 0) is 11.8 Å². The number of hydrogen-bond donors (Lipinski definition) is 0. The summed E-state index contributed by atoms with van der Waals surface area (Å²) in [6.07, 6.45) is 0.971. The van der Waals surface area contributed by atoms with Gasteiger partial charge in [-0.25, -0.2) is 4.98 Å². The lowest BCUT2D eigenvalue weighted by atomic mass is 10.3. The molecule has 2 aromatic heterocycles. The van der Waals surface area contributed by atoms with Crippen molar-refractivity contribution >= 4 is 21.4 Å². The van der Waals surface area contributed by atoms with Crippen LogP contribution in [0.25, 0.3) is 5.52 Å². The first-order valence-electron chi connectivity index (χ1n) is 4.79. The number of rotatable bonds is 2. The summed E-state index contributed by atoms with van der Waals surface area (Å²) in [6, 6.07) is 6.32. The molecule has 2 heterocycles. The number of pyridine rings is 1. The van der Waals surface area contributed by atoms with E-state index in [1.54, 1.807) is 0 Å². The van der Waals surface area contributed by atoms with Crippen molar-refractivity contribution in [1.82, 2.24) is 9.38 Å². The minimum atomic E-state index is 0.819. The van der Waals surface area contributed by atoms with Crippen LogP contribution in [0.4, 0.5) is 0 Å². The van der Waals surface area contributed by atoms with Gasteiger partial charge in [-0.05, 0) is 19.1 Å². The van der Waals surface area contributed by atoms with Crippen molar-refractivity contribution in [3.63, 3.8) is 0 Å². The predicted octanol–water partition coefficient (Wildman–Crippen LogP) is 3.10. The lowest BCUT2D eigenvalue weighted by Gasteiger charge is -2.02. The lowest BCUT2D eigenvalue weighted by molar-refractivity contribution is 0.905. The SMILES string of the molecule is CCc1nc(CBr)c2cccc(C)n12. The Labute approximate surface area is 92.1 Å². The zero-order valence-electron chi connectivity index (χ0n) is 8.42. The van der Waals surface area contributed by atoms with Gasteiger partial charge < -0.3 is 4.40 Å². The Morgan fingerprint density at radius 2 is 2.21 bits per heavy atom. The molecule has 0 amide bonds. The number of aryl methyl sites for hydroxylation is 2. The minimum Gasteiger partial charge on any atom is -0.301 e. The molecule has 0 aliphatic heterocycles. The van der Waals surface area contributed by atoms with Crippen LogP contribution in [0.15, 0.2) is 18.2 Å². The monoisotopic (exact) mass is 252 g/mol. The molecule has 14 heavy (non-hydrogen) atoms. The van der Waals surface area contributed by atoms with Crippen LogP contribution < -0.4 is 0 Å². The van der Waals surface area contributed by atoms with E-state index in [4.69, 9.17) is 0 Å². The van der Waals surface area contributed by atoms with E-state index in [0.717, 1.165) is 23.3 Å². The molecular weight excluding hydrogens is 240 g/mol. The molecule has 0 aliphatic rings. The fourth-order valence-electron chi connectivity index (χ4n) is 1.78. The van der Waals surface area contributed by atoms with Gasteiger partial charge in [0, 0.05) is 17.4 Å². The first-order valence-corrected chi connectivity index (χ1v) is 5.91. The fraction of sp³-hybridized carbons (Fsp3) is 0.364. The second kappa shape index (κ2) is 3.73. The van der Waals surface area contributed by atoms with Crippen molar-refractivity contribution in [3.8, 4) is 0 Å². The summed E-state index contributed by atoms with van der Waals surface area (Å²) in [5.41, 5.74) is 3.60. The van der Waals surface area contributed by atoms with Gasteiger partial charge in [-0.1, -0.05) is 28.9 Å². The molecule has 2 nitrogen and oxygen atoms in total. The molecule has 0 bridgehead atoms. The summed E-state index contributed by atoms with van der Waals surface area (Å²) in [6.45, 7) is 4.26. The summed E-state index contributed by atoms with van der Waals surface area (Å²) in [7, 11) is 0. The number of imidazole rings is 1. The summed E-state index contributed by atoms with van der Waals surface area (Å²) in [4.78, 5) is 4.60. The van der Waals surface area contributed by atoms with Gasteiger partial charge in [-0.3, -0.25) is 0 Å². The van der Waals surface area contributed by atoms with Gasteiger partial charge >= 0.3 is 0 Å². The van der Waals surface area contributed by atoms with Gasteiger partial charge in [0.15, 0.2) is 0 Å². The molecule has 0 N–H and O–H groups in total. The highest BCUT2D eigenvalue weighted by Gasteiger charge is 2.09.